The zero-order valence-corrected chi connectivity index (χ0v) is 20.6. The minimum Gasteiger partial charge on any atom is -0.462 e. The molecule has 2 aromatic rings. The molecule has 0 amide bonds. The minimum absolute atomic E-state index is 0.350. The Hall–Kier alpha value is -2.11. The summed E-state index contributed by atoms with van der Waals surface area (Å²) in [5, 5.41) is 5.41. The maximum absolute atomic E-state index is 6.24. The molecule has 9 nitrogen and oxygen atoms in total. The van der Waals surface area contributed by atoms with Crippen molar-refractivity contribution in [3.63, 3.8) is 0 Å². The standard InChI is InChI=1S/C23H29ClN6O3S/c24-17-1-2-20-18(15-17)19(3-14-34-20)27-28-21-16-22(30-7-11-32-12-8-30)26-23(25-21)33-13-6-29-4-9-31-10-5-29/h1-2,15-16H,3-14H2,(H,25,26,28)/b27-19-. The van der Waals surface area contributed by atoms with Gasteiger partial charge in [-0.05, 0) is 18.2 Å². The number of thioether (sulfide) groups is 1. The fourth-order valence-corrected chi connectivity index (χ4v) is 5.25. The molecule has 1 aromatic carbocycles. The SMILES string of the molecule is Clc1ccc2c(c1)/C(=N\Nc1cc(N3CCOCC3)nc(OCCN3CCOCC3)n1)CCS2. The van der Waals surface area contributed by atoms with Crippen LogP contribution in [0.4, 0.5) is 11.6 Å². The van der Waals surface area contributed by atoms with E-state index in [1.807, 2.05) is 30.0 Å². The molecule has 34 heavy (non-hydrogen) atoms. The second-order valence-corrected chi connectivity index (χ2v) is 9.78. The molecule has 0 unspecified atom stereocenters. The highest BCUT2D eigenvalue weighted by Gasteiger charge is 2.19. The largest absolute Gasteiger partial charge is 0.462 e. The van der Waals surface area contributed by atoms with E-state index in [9.17, 15) is 0 Å². The van der Waals surface area contributed by atoms with Crippen LogP contribution in [0.1, 0.15) is 12.0 Å². The molecule has 1 aromatic heterocycles. The summed E-state index contributed by atoms with van der Waals surface area (Å²) >= 11 is 8.07. The molecule has 2 saturated heterocycles. The number of benzene rings is 1. The average Bonchev–Trinajstić information content (AvgIpc) is 2.88. The number of nitrogens with zero attached hydrogens (tertiary/aromatic N) is 5. The summed E-state index contributed by atoms with van der Waals surface area (Å²) in [4.78, 5) is 15.0. The van der Waals surface area contributed by atoms with Gasteiger partial charge in [-0.15, -0.1) is 11.8 Å². The predicted molar refractivity (Wildman–Crippen MR) is 135 cm³/mol. The highest BCUT2D eigenvalue weighted by molar-refractivity contribution is 7.99. The molecule has 2 fully saturated rings. The van der Waals surface area contributed by atoms with Crippen molar-refractivity contribution in [2.75, 3.05) is 81.8 Å². The first-order chi connectivity index (χ1) is 16.7. The zero-order valence-electron chi connectivity index (χ0n) is 19.0. The van der Waals surface area contributed by atoms with Gasteiger partial charge in [-0.25, -0.2) is 0 Å². The Balaban J connectivity index is 1.33. The summed E-state index contributed by atoms with van der Waals surface area (Å²) in [6.07, 6.45) is 0.856. The molecular formula is C23H29ClN6O3S. The number of nitrogens with one attached hydrogen (secondary N) is 1. The lowest BCUT2D eigenvalue weighted by atomic mass is 10.1. The Kier molecular flexibility index (Phi) is 8.02. The lowest BCUT2D eigenvalue weighted by molar-refractivity contribution is 0.0317. The number of fused-ring (bicyclic) bond motifs is 1. The van der Waals surface area contributed by atoms with Crippen molar-refractivity contribution in [2.24, 2.45) is 5.10 Å². The number of rotatable bonds is 7. The Morgan fingerprint density at radius 2 is 1.85 bits per heavy atom. The van der Waals surface area contributed by atoms with Gasteiger partial charge in [0.05, 0.1) is 32.1 Å². The molecule has 3 aliphatic heterocycles. The lowest BCUT2D eigenvalue weighted by Gasteiger charge is -2.28. The number of ether oxygens (including phenoxy) is 3. The van der Waals surface area contributed by atoms with Crippen molar-refractivity contribution in [1.29, 1.82) is 0 Å². The summed E-state index contributed by atoms with van der Waals surface area (Å²) in [5.41, 5.74) is 5.19. The van der Waals surface area contributed by atoms with Gasteiger partial charge in [0, 0.05) is 66.4 Å². The van der Waals surface area contributed by atoms with E-state index in [2.05, 4.69) is 31.3 Å². The first kappa shape index (κ1) is 23.6. The quantitative estimate of drug-likeness (QED) is 0.572. The maximum atomic E-state index is 6.24. The Morgan fingerprint density at radius 3 is 2.68 bits per heavy atom. The molecular weight excluding hydrogens is 476 g/mol. The van der Waals surface area contributed by atoms with Gasteiger partial charge in [-0.2, -0.15) is 15.1 Å². The van der Waals surface area contributed by atoms with Gasteiger partial charge in [0.1, 0.15) is 12.4 Å². The van der Waals surface area contributed by atoms with E-state index in [-0.39, 0.29) is 0 Å². The second kappa shape index (κ2) is 11.5. The maximum Gasteiger partial charge on any atom is 0.320 e. The van der Waals surface area contributed by atoms with Crippen LogP contribution in [-0.2, 0) is 9.47 Å². The van der Waals surface area contributed by atoms with E-state index in [0.29, 0.717) is 36.7 Å². The molecule has 3 aliphatic rings. The van der Waals surface area contributed by atoms with Crippen LogP contribution in [0.5, 0.6) is 6.01 Å². The molecule has 0 saturated carbocycles. The summed E-state index contributed by atoms with van der Waals surface area (Å²) in [7, 11) is 0. The predicted octanol–water partition coefficient (Wildman–Crippen LogP) is 2.99. The summed E-state index contributed by atoms with van der Waals surface area (Å²) in [5.74, 6) is 2.39. The third-order valence-corrected chi connectivity index (χ3v) is 7.23. The summed E-state index contributed by atoms with van der Waals surface area (Å²) in [6, 6.07) is 8.22. The first-order valence-corrected chi connectivity index (χ1v) is 13.0. The highest BCUT2D eigenvalue weighted by Crippen LogP contribution is 2.32. The summed E-state index contributed by atoms with van der Waals surface area (Å²) < 4.78 is 16.9. The van der Waals surface area contributed by atoms with Crippen molar-refractivity contribution in [3.05, 3.63) is 34.9 Å². The number of hydrogen-bond acceptors (Lipinski definition) is 10. The van der Waals surface area contributed by atoms with E-state index in [1.165, 1.54) is 4.90 Å². The monoisotopic (exact) mass is 504 g/mol. The van der Waals surface area contributed by atoms with Crippen LogP contribution in [0, 0.1) is 0 Å². The van der Waals surface area contributed by atoms with E-state index in [4.69, 9.17) is 30.9 Å². The number of anilines is 2. The topological polar surface area (TPSA) is 84.3 Å². The van der Waals surface area contributed by atoms with E-state index < -0.39 is 0 Å². The number of morpholine rings is 2. The third kappa shape index (κ3) is 6.11. The van der Waals surface area contributed by atoms with E-state index in [0.717, 1.165) is 75.2 Å². The highest BCUT2D eigenvalue weighted by atomic mass is 35.5. The Bertz CT molecular complexity index is 1010. The number of hydrogen-bond donors (Lipinski definition) is 1. The van der Waals surface area contributed by atoms with Gasteiger partial charge in [0.2, 0.25) is 0 Å². The molecule has 11 heteroatoms. The molecule has 0 bridgehead atoms. The van der Waals surface area contributed by atoms with Gasteiger partial charge >= 0.3 is 6.01 Å². The van der Waals surface area contributed by atoms with Crippen molar-refractivity contribution < 1.29 is 14.2 Å². The van der Waals surface area contributed by atoms with E-state index in [1.54, 1.807) is 0 Å². The van der Waals surface area contributed by atoms with Crippen molar-refractivity contribution in [1.82, 2.24) is 14.9 Å². The van der Waals surface area contributed by atoms with Gasteiger partial charge in [-0.3, -0.25) is 10.3 Å². The molecule has 5 rings (SSSR count). The van der Waals surface area contributed by atoms with Crippen LogP contribution in [0.15, 0.2) is 34.3 Å². The molecule has 0 atom stereocenters. The number of hydrazone groups is 1. The lowest BCUT2D eigenvalue weighted by Crippen LogP contribution is -2.39. The van der Waals surface area contributed by atoms with Crippen LogP contribution in [0.2, 0.25) is 5.02 Å². The molecule has 0 radical (unpaired) electrons. The van der Waals surface area contributed by atoms with Crippen molar-refractivity contribution in [3.8, 4) is 6.01 Å². The van der Waals surface area contributed by atoms with Gasteiger partial charge in [-0.1, -0.05) is 11.6 Å². The average molecular weight is 505 g/mol. The van der Waals surface area contributed by atoms with Crippen LogP contribution in [0.25, 0.3) is 0 Å². The Labute approximate surface area is 208 Å². The number of aromatic nitrogens is 2. The third-order valence-electron chi connectivity index (χ3n) is 5.92. The molecule has 0 spiro atoms. The van der Waals surface area contributed by atoms with Crippen LogP contribution in [-0.4, -0.2) is 92.1 Å². The molecule has 1 N–H and O–H groups in total. The zero-order chi connectivity index (χ0) is 23.2. The van der Waals surface area contributed by atoms with Gasteiger partial charge in [0.15, 0.2) is 5.82 Å². The Morgan fingerprint density at radius 1 is 1.06 bits per heavy atom. The first-order valence-electron chi connectivity index (χ1n) is 11.6. The van der Waals surface area contributed by atoms with Crippen LogP contribution in [0.3, 0.4) is 0 Å². The van der Waals surface area contributed by atoms with Crippen LogP contribution >= 0.6 is 23.4 Å². The molecule has 0 aliphatic carbocycles. The summed E-state index contributed by atoms with van der Waals surface area (Å²) in [6.45, 7) is 7.63. The van der Waals surface area contributed by atoms with Gasteiger partial charge in [0.25, 0.3) is 0 Å². The van der Waals surface area contributed by atoms with Crippen molar-refractivity contribution in [2.45, 2.75) is 11.3 Å². The van der Waals surface area contributed by atoms with E-state index >= 15 is 0 Å². The fraction of sp³-hybridized carbons (Fsp3) is 0.522. The van der Waals surface area contributed by atoms with Crippen LogP contribution < -0.4 is 15.1 Å². The number of halogens is 1. The molecule has 182 valence electrons. The minimum atomic E-state index is 0.350. The second-order valence-electron chi connectivity index (χ2n) is 8.21. The smallest absolute Gasteiger partial charge is 0.320 e. The van der Waals surface area contributed by atoms with Gasteiger partial charge < -0.3 is 19.1 Å². The fourth-order valence-electron chi connectivity index (χ4n) is 4.07. The normalized spacial score (nSPS) is 20.3. The molecule has 4 heterocycles. The van der Waals surface area contributed by atoms with Crippen molar-refractivity contribution >= 4 is 40.7 Å².